The molecule has 0 aromatic rings. The summed E-state index contributed by atoms with van der Waals surface area (Å²) in [5.41, 5.74) is 0. The number of hydrogen-bond donors (Lipinski definition) is 0. The normalized spacial score (nSPS) is 53.2. The van der Waals surface area contributed by atoms with Crippen LogP contribution in [0, 0.1) is 0 Å². The Bertz CT molecular complexity index is 246. The van der Waals surface area contributed by atoms with Gasteiger partial charge in [0.25, 0.3) is 0 Å². The van der Waals surface area contributed by atoms with Crippen molar-refractivity contribution in [3.8, 4) is 0 Å². The Morgan fingerprint density at radius 2 is 1.75 bits per heavy atom. The number of fused-ring (bicyclic) bond motifs is 3. The highest BCUT2D eigenvalue weighted by molar-refractivity contribution is 5.18. The van der Waals surface area contributed by atoms with Gasteiger partial charge in [-0.05, 0) is 13.8 Å². The summed E-state index contributed by atoms with van der Waals surface area (Å²) in [4.78, 5) is 0. The zero-order valence-corrected chi connectivity index (χ0v) is 7.19. The second-order valence-electron chi connectivity index (χ2n) is 4.01. The van der Waals surface area contributed by atoms with Crippen molar-refractivity contribution >= 4 is 0 Å². The molecule has 4 atom stereocenters. The maximum atomic E-state index is 5.71. The fourth-order valence-electron chi connectivity index (χ4n) is 1.99. The smallest absolute Gasteiger partial charge is 0.164 e. The van der Waals surface area contributed by atoms with Crippen molar-refractivity contribution in [1.29, 1.82) is 0 Å². The average molecular weight is 168 g/mol. The van der Waals surface area contributed by atoms with E-state index in [0.29, 0.717) is 6.10 Å². The molecule has 0 aromatic carbocycles. The van der Waals surface area contributed by atoms with Gasteiger partial charge in [0.2, 0.25) is 0 Å². The van der Waals surface area contributed by atoms with Crippen LogP contribution in [0.25, 0.3) is 0 Å². The van der Waals surface area contributed by atoms with E-state index in [1.165, 1.54) is 0 Å². The van der Waals surface area contributed by atoms with E-state index in [1.807, 2.05) is 19.9 Å². The molecule has 0 amide bonds. The molecule has 0 aromatic heterocycles. The molecule has 0 N–H and O–H groups in total. The summed E-state index contributed by atoms with van der Waals surface area (Å²) < 4.78 is 16.8. The van der Waals surface area contributed by atoms with E-state index in [0.717, 1.165) is 0 Å². The lowest BCUT2D eigenvalue weighted by molar-refractivity contribution is -0.144. The summed E-state index contributed by atoms with van der Waals surface area (Å²) >= 11 is 0. The third kappa shape index (κ3) is 0.873. The van der Waals surface area contributed by atoms with Gasteiger partial charge in [-0.25, -0.2) is 0 Å². The average Bonchev–Trinajstić information content (AvgIpc) is 2.67. The Morgan fingerprint density at radius 3 is 2.58 bits per heavy atom. The van der Waals surface area contributed by atoms with Crippen LogP contribution in [0.1, 0.15) is 13.8 Å². The van der Waals surface area contributed by atoms with Crippen LogP contribution in [-0.4, -0.2) is 30.2 Å². The number of rotatable bonds is 0. The summed E-state index contributed by atoms with van der Waals surface area (Å²) in [7, 11) is 0. The van der Waals surface area contributed by atoms with E-state index in [9.17, 15) is 0 Å². The minimum absolute atomic E-state index is 0.101. The van der Waals surface area contributed by atoms with Gasteiger partial charge in [-0.15, -0.1) is 0 Å². The molecule has 2 fully saturated rings. The van der Waals surface area contributed by atoms with E-state index in [4.69, 9.17) is 14.2 Å². The Balaban J connectivity index is 1.88. The molecule has 3 nitrogen and oxygen atoms in total. The first-order chi connectivity index (χ1) is 5.66. The molecule has 3 rings (SSSR count). The molecule has 1 aliphatic carbocycles. The molecule has 2 aliphatic heterocycles. The number of epoxide rings is 1. The molecule has 66 valence electrons. The highest BCUT2D eigenvalue weighted by Gasteiger charge is 2.56. The minimum atomic E-state index is -0.444. The number of hydrogen-bond acceptors (Lipinski definition) is 3. The summed E-state index contributed by atoms with van der Waals surface area (Å²) in [6.45, 7) is 3.88. The zero-order valence-electron chi connectivity index (χ0n) is 7.19. The maximum absolute atomic E-state index is 5.71. The van der Waals surface area contributed by atoms with Crippen LogP contribution < -0.4 is 0 Å². The van der Waals surface area contributed by atoms with Crippen molar-refractivity contribution in [3.63, 3.8) is 0 Å². The summed E-state index contributed by atoms with van der Waals surface area (Å²) in [5.74, 6) is -0.444. The fourth-order valence-corrected chi connectivity index (χ4v) is 1.99. The standard InChI is InChI=1S/C9H12O3/c1-9(2)11-6-4-3-5-7(10-5)8(6)12-9/h3-8H,1-2H3. The van der Waals surface area contributed by atoms with Gasteiger partial charge in [0.05, 0.1) is 0 Å². The Labute approximate surface area is 71.3 Å². The fraction of sp³-hybridized carbons (Fsp3) is 0.778. The van der Waals surface area contributed by atoms with Gasteiger partial charge in [-0.1, -0.05) is 12.2 Å². The van der Waals surface area contributed by atoms with Crippen molar-refractivity contribution in [2.75, 3.05) is 0 Å². The molecule has 0 spiro atoms. The minimum Gasteiger partial charge on any atom is -0.362 e. The van der Waals surface area contributed by atoms with Gasteiger partial charge in [0.15, 0.2) is 5.79 Å². The third-order valence-electron chi connectivity index (χ3n) is 2.54. The second-order valence-corrected chi connectivity index (χ2v) is 4.01. The maximum Gasteiger partial charge on any atom is 0.164 e. The predicted molar refractivity (Wildman–Crippen MR) is 41.6 cm³/mol. The van der Waals surface area contributed by atoms with E-state index in [-0.39, 0.29) is 18.3 Å². The molecule has 2 saturated heterocycles. The molecular weight excluding hydrogens is 156 g/mol. The Hall–Kier alpha value is -0.380. The monoisotopic (exact) mass is 168 g/mol. The molecular formula is C9H12O3. The molecule has 0 saturated carbocycles. The first kappa shape index (κ1) is 7.06. The molecule has 2 heterocycles. The van der Waals surface area contributed by atoms with Crippen molar-refractivity contribution in [3.05, 3.63) is 12.2 Å². The molecule has 0 bridgehead atoms. The third-order valence-corrected chi connectivity index (χ3v) is 2.54. The Kier molecular flexibility index (Phi) is 1.13. The topological polar surface area (TPSA) is 31.0 Å². The van der Waals surface area contributed by atoms with E-state index in [2.05, 4.69) is 6.08 Å². The van der Waals surface area contributed by atoms with Crippen LogP contribution in [0.5, 0.6) is 0 Å². The van der Waals surface area contributed by atoms with Crippen LogP contribution >= 0.6 is 0 Å². The van der Waals surface area contributed by atoms with Crippen LogP contribution in [0.15, 0.2) is 12.2 Å². The molecule has 12 heavy (non-hydrogen) atoms. The first-order valence-corrected chi connectivity index (χ1v) is 4.35. The van der Waals surface area contributed by atoms with Crippen LogP contribution in [0.4, 0.5) is 0 Å². The van der Waals surface area contributed by atoms with Gasteiger partial charge in [-0.3, -0.25) is 0 Å². The lowest BCUT2D eigenvalue weighted by Gasteiger charge is -2.15. The summed E-state index contributed by atoms with van der Waals surface area (Å²) in [6, 6.07) is 0. The summed E-state index contributed by atoms with van der Waals surface area (Å²) in [5, 5.41) is 0. The van der Waals surface area contributed by atoms with Crippen molar-refractivity contribution in [2.45, 2.75) is 44.1 Å². The lowest BCUT2D eigenvalue weighted by Crippen LogP contribution is -2.30. The highest BCUT2D eigenvalue weighted by Crippen LogP contribution is 2.42. The van der Waals surface area contributed by atoms with Crippen LogP contribution in [0.2, 0.25) is 0 Å². The van der Waals surface area contributed by atoms with Gasteiger partial charge in [-0.2, -0.15) is 0 Å². The van der Waals surface area contributed by atoms with Crippen molar-refractivity contribution in [2.24, 2.45) is 0 Å². The SMILES string of the molecule is CC1(C)OC2C=CC3OC3C2O1. The quantitative estimate of drug-likeness (QED) is 0.397. The molecule has 3 heteroatoms. The van der Waals surface area contributed by atoms with E-state index in [1.54, 1.807) is 0 Å². The van der Waals surface area contributed by atoms with Crippen LogP contribution in [-0.2, 0) is 14.2 Å². The first-order valence-electron chi connectivity index (χ1n) is 4.35. The van der Waals surface area contributed by atoms with E-state index >= 15 is 0 Å². The van der Waals surface area contributed by atoms with Gasteiger partial charge >= 0.3 is 0 Å². The van der Waals surface area contributed by atoms with Crippen LogP contribution in [0.3, 0.4) is 0 Å². The zero-order chi connectivity index (χ0) is 8.34. The van der Waals surface area contributed by atoms with E-state index < -0.39 is 5.79 Å². The lowest BCUT2D eigenvalue weighted by atomic mass is 10.0. The van der Waals surface area contributed by atoms with Crippen molar-refractivity contribution < 1.29 is 14.2 Å². The molecule has 4 unspecified atom stereocenters. The number of ether oxygens (including phenoxy) is 3. The summed E-state index contributed by atoms with van der Waals surface area (Å²) in [6.07, 6.45) is 4.88. The predicted octanol–water partition coefficient (Wildman–Crippen LogP) is 0.844. The Morgan fingerprint density at radius 1 is 1.00 bits per heavy atom. The van der Waals surface area contributed by atoms with Gasteiger partial charge in [0, 0.05) is 0 Å². The second kappa shape index (κ2) is 1.92. The van der Waals surface area contributed by atoms with Gasteiger partial charge in [0.1, 0.15) is 24.4 Å². The molecule has 3 aliphatic rings. The highest BCUT2D eigenvalue weighted by atomic mass is 16.8. The van der Waals surface area contributed by atoms with Crippen molar-refractivity contribution in [1.82, 2.24) is 0 Å². The molecule has 0 radical (unpaired) electrons. The largest absolute Gasteiger partial charge is 0.362 e. The van der Waals surface area contributed by atoms with Gasteiger partial charge < -0.3 is 14.2 Å².